The molecule has 1 atom stereocenters. The van der Waals surface area contributed by atoms with Crippen LogP contribution in [0.15, 0.2) is 24.3 Å². The zero-order valence-corrected chi connectivity index (χ0v) is 25.7. The summed E-state index contributed by atoms with van der Waals surface area (Å²) in [5.41, 5.74) is 0. The van der Waals surface area contributed by atoms with Gasteiger partial charge in [0, 0.05) is 19.5 Å². The van der Waals surface area contributed by atoms with Crippen LogP contribution in [0, 0.1) is 5.92 Å². The maximum atomic E-state index is 13.2. The van der Waals surface area contributed by atoms with E-state index in [1.807, 2.05) is 0 Å². The summed E-state index contributed by atoms with van der Waals surface area (Å²) in [5.74, 6) is -0.819. The predicted octanol–water partition coefficient (Wildman–Crippen LogP) is 8.33. The Balaban J connectivity index is 4.40. The molecular formula is C34H63NO4. The molecule has 2 N–H and O–H groups in total. The lowest BCUT2D eigenvalue weighted by atomic mass is 9.91. The number of nitrogens with zero attached hydrogens (tertiary/aromatic N) is 1. The molecule has 0 aromatic heterocycles. The second kappa shape index (κ2) is 29.5. The number of hydrogen-bond donors (Lipinski definition) is 2. The van der Waals surface area contributed by atoms with Gasteiger partial charge in [-0.15, -0.1) is 0 Å². The zero-order chi connectivity index (χ0) is 28.8. The summed E-state index contributed by atoms with van der Waals surface area (Å²) in [6.07, 6.45) is 32.1. The highest BCUT2D eigenvalue weighted by atomic mass is 16.3. The standard InChI is InChI=1S/C34H63NO4/c1-3-5-7-9-11-13-14-15-16-17-19-20-22-24-26-32(34(39)35(28-30-36)29-31-37)33(38)27-25-23-21-18-12-10-8-6-4-2/h11,13,15-16,32,36-37H,3-10,12,14,17-31H2,1-2H3/b13-11-,16-15-. The number of hydrogen-bond acceptors (Lipinski definition) is 4. The van der Waals surface area contributed by atoms with E-state index in [-0.39, 0.29) is 38.0 Å². The van der Waals surface area contributed by atoms with Crippen molar-refractivity contribution in [2.24, 2.45) is 5.92 Å². The highest BCUT2D eigenvalue weighted by Gasteiger charge is 2.29. The van der Waals surface area contributed by atoms with Gasteiger partial charge in [-0.25, -0.2) is 0 Å². The van der Waals surface area contributed by atoms with Gasteiger partial charge in [0.05, 0.1) is 19.1 Å². The van der Waals surface area contributed by atoms with Crippen LogP contribution in [0.1, 0.15) is 149 Å². The van der Waals surface area contributed by atoms with Gasteiger partial charge in [-0.2, -0.15) is 0 Å². The first-order valence-electron chi connectivity index (χ1n) is 16.4. The third kappa shape index (κ3) is 23.0. The normalized spacial score (nSPS) is 12.5. The zero-order valence-electron chi connectivity index (χ0n) is 25.7. The molecule has 5 heteroatoms. The van der Waals surface area contributed by atoms with Crippen LogP contribution in [0.4, 0.5) is 0 Å². The number of aliphatic hydroxyl groups excluding tert-OH is 2. The molecule has 0 aliphatic carbocycles. The van der Waals surface area contributed by atoms with E-state index in [0.29, 0.717) is 12.8 Å². The van der Waals surface area contributed by atoms with E-state index in [4.69, 9.17) is 0 Å². The summed E-state index contributed by atoms with van der Waals surface area (Å²) in [6, 6.07) is 0. The number of carbonyl (C=O) groups excluding carboxylic acids is 2. The van der Waals surface area contributed by atoms with Crippen LogP contribution in [0.3, 0.4) is 0 Å². The van der Waals surface area contributed by atoms with Gasteiger partial charge >= 0.3 is 0 Å². The first-order chi connectivity index (χ1) is 19.1. The van der Waals surface area contributed by atoms with Gasteiger partial charge in [-0.05, 0) is 44.9 Å². The van der Waals surface area contributed by atoms with Gasteiger partial charge in [0.25, 0.3) is 0 Å². The van der Waals surface area contributed by atoms with Crippen LogP contribution in [0.25, 0.3) is 0 Å². The first-order valence-corrected chi connectivity index (χ1v) is 16.4. The number of ketones is 1. The minimum absolute atomic E-state index is 0.0366. The van der Waals surface area contributed by atoms with E-state index in [1.54, 1.807) is 0 Å². The summed E-state index contributed by atoms with van der Waals surface area (Å²) in [7, 11) is 0. The second-order valence-corrected chi connectivity index (χ2v) is 11.0. The molecule has 1 unspecified atom stereocenters. The Bertz CT molecular complexity index is 610. The average molecular weight is 550 g/mol. The van der Waals surface area contributed by atoms with Crippen molar-refractivity contribution in [1.29, 1.82) is 0 Å². The fourth-order valence-electron chi connectivity index (χ4n) is 4.98. The van der Waals surface area contributed by atoms with E-state index < -0.39 is 5.92 Å². The van der Waals surface area contributed by atoms with Crippen molar-refractivity contribution < 1.29 is 19.8 Å². The lowest BCUT2D eigenvalue weighted by Gasteiger charge is -2.26. The Kier molecular flexibility index (Phi) is 28.4. The SMILES string of the molecule is CCCCC/C=C\C/C=C\CCCCCCC(C(=O)CCCCCCCCCCC)C(=O)N(CCO)CCO. The number of carbonyl (C=O) groups is 2. The number of allylic oxidation sites excluding steroid dienone is 4. The summed E-state index contributed by atoms with van der Waals surface area (Å²) in [5, 5.41) is 18.7. The molecule has 0 spiro atoms. The average Bonchev–Trinajstić information content (AvgIpc) is 2.93. The third-order valence-electron chi connectivity index (χ3n) is 7.46. The van der Waals surface area contributed by atoms with Gasteiger partial charge in [-0.3, -0.25) is 9.59 Å². The van der Waals surface area contributed by atoms with Crippen LogP contribution >= 0.6 is 0 Å². The van der Waals surface area contributed by atoms with Crippen LogP contribution in [-0.2, 0) is 9.59 Å². The second-order valence-electron chi connectivity index (χ2n) is 11.0. The lowest BCUT2D eigenvalue weighted by Crippen LogP contribution is -2.42. The number of amides is 1. The van der Waals surface area contributed by atoms with Gasteiger partial charge in [0.1, 0.15) is 5.78 Å². The van der Waals surface area contributed by atoms with Crippen molar-refractivity contribution in [3.63, 3.8) is 0 Å². The first kappa shape index (κ1) is 37.5. The molecule has 1 amide bonds. The lowest BCUT2D eigenvalue weighted by molar-refractivity contribution is -0.142. The monoisotopic (exact) mass is 549 g/mol. The molecule has 0 aromatic rings. The van der Waals surface area contributed by atoms with E-state index in [9.17, 15) is 19.8 Å². The predicted molar refractivity (Wildman–Crippen MR) is 166 cm³/mol. The Morgan fingerprint density at radius 2 is 1.08 bits per heavy atom. The van der Waals surface area contributed by atoms with Gasteiger partial charge in [0.15, 0.2) is 0 Å². The largest absolute Gasteiger partial charge is 0.395 e. The highest BCUT2D eigenvalue weighted by Crippen LogP contribution is 2.20. The molecule has 39 heavy (non-hydrogen) atoms. The molecule has 0 aromatic carbocycles. The summed E-state index contributed by atoms with van der Waals surface area (Å²) >= 11 is 0. The molecule has 0 heterocycles. The van der Waals surface area contributed by atoms with Crippen molar-refractivity contribution in [2.45, 2.75) is 149 Å². The van der Waals surface area contributed by atoms with E-state index in [1.165, 1.54) is 69.1 Å². The Morgan fingerprint density at radius 3 is 1.64 bits per heavy atom. The minimum Gasteiger partial charge on any atom is -0.395 e. The Hall–Kier alpha value is -1.46. The van der Waals surface area contributed by atoms with Crippen LogP contribution in [-0.4, -0.2) is 53.1 Å². The highest BCUT2D eigenvalue weighted by molar-refractivity contribution is 6.01. The van der Waals surface area contributed by atoms with E-state index in [2.05, 4.69) is 38.2 Å². The molecule has 5 nitrogen and oxygen atoms in total. The van der Waals surface area contributed by atoms with E-state index >= 15 is 0 Å². The van der Waals surface area contributed by atoms with Crippen molar-refractivity contribution >= 4 is 11.7 Å². The number of unbranched alkanes of at least 4 members (excludes halogenated alkanes) is 15. The molecule has 228 valence electrons. The molecule has 0 bridgehead atoms. The summed E-state index contributed by atoms with van der Waals surface area (Å²) in [6.45, 7) is 4.48. The van der Waals surface area contributed by atoms with Crippen LogP contribution in [0.5, 0.6) is 0 Å². The summed E-state index contributed by atoms with van der Waals surface area (Å²) in [4.78, 5) is 27.7. The molecule has 0 aliphatic rings. The molecular weight excluding hydrogens is 486 g/mol. The van der Waals surface area contributed by atoms with Gasteiger partial charge in [-0.1, -0.05) is 122 Å². The number of rotatable bonds is 29. The van der Waals surface area contributed by atoms with Crippen molar-refractivity contribution in [3.05, 3.63) is 24.3 Å². The fraction of sp³-hybridized carbons (Fsp3) is 0.824. The van der Waals surface area contributed by atoms with Crippen LogP contribution in [0.2, 0.25) is 0 Å². The number of aliphatic hydroxyl groups is 2. The smallest absolute Gasteiger partial charge is 0.233 e. The number of Topliss-reactive ketones (excluding diaryl/α,β-unsaturated/α-hetero) is 1. The molecule has 0 saturated carbocycles. The Morgan fingerprint density at radius 1 is 0.615 bits per heavy atom. The van der Waals surface area contributed by atoms with Gasteiger partial charge < -0.3 is 15.1 Å². The quantitative estimate of drug-likeness (QED) is 0.0558. The Labute approximate surface area is 241 Å². The van der Waals surface area contributed by atoms with Crippen molar-refractivity contribution in [3.8, 4) is 0 Å². The fourth-order valence-corrected chi connectivity index (χ4v) is 4.98. The summed E-state index contributed by atoms with van der Waals surface area (Å²) < 4.78 is 0. The molecule has 0 fully saturated rings. The van der Waals surface area contributed by atoms with Crippen molar-refractivity contribution in [2.75, 3.05) is 26.3 Å². The van der Waals surface area contributed by atoms with Gasteiger partial charge in [0.2, 0.25) is 5.91 Å². The maximum Gasteiger partial charge on any atom is 0.233 e. The van der Waals surface area contributed by atoms with Crippen LogP contribution < -0.4 is 0 Å². The third-order valence-corrected chi connectivity index (χ3v) is 7.46. The van der Waals surface area contributed by atoms with E-state index in [0.717, 1.165) is 57.8 Å². The molecule has 0 rings (SSSR count). The maximum absolute atomic E-state index is 13.2. The minimum atomic E-state index is -0.638. The topological polar surface area (TPSA) is 77.8 Å². The molecule has 0 aliphatic heterocycles. The molecule has 0 radical (unpaired) electrons. The van der Waals surface area contributed by atoms with Crippen molar-refractivity contribution in [1.82, 2.24) is 4.90 Å². The molecule has 0 saturated heterocycles.